The number of aliphatic hydroxyl groups excluding tert-OH is 1. The molecule has 4 rings (SSSR count). The Morgan fingerprint density at radius 3 is 2.88 bits per heavy atom. The van der Waals surface area contributed by atoms with E-state index in [1.54, 1.807) is 22.9 Å². The maximum absolute atomic E-state index is 14.2. The molecule has 1 aliphatic heterocycles. The molecule has 2 heterocycles. The summed E-state index contributed by atoms with van der Waals surface area (Å²) in [5.74, 6) is -0.607. The summed E-state index contributed by atoms with van der Waals surface area (Å²) in [6.45, 7) is 1.63. The van der Waals surface area contributed by atoms with Crippen LogP contribution in [0, 0.1) is 11.7 Å². The van der Waals surface area contributed by atoms with Gasteiger partial charge in [-0.2, -0.15) is 5.10 Å². The van der Waals surface area contributed by atoms with Crippen LogP contribution in [0.1, 0.15) is 28.2 Å². The molecule has 0 spiro atoms. The van der Waals surface area contributed by atoms with E-state index < -0.39 is 6.10 Å². The number of aliphatic hydroxyl groups is 1. The Morgan fingerprint density at radius 1 is 1.35 bits per heavy atom. The van der Waals surface area contributed by atoms with Crippen molar-refractivity contribution in [2.24, 2.45) is 5.92 Å². The van der Waals surface area contributed by atoms with Gasteiger partial charge in [-0.1, -0.05) is 12.1 Å². The lowest BCUT2D eigenvalue weighted by Gasteiger charge is -2.13. The Bertz CT molecular complexity index is 810. The van der Waals surface area contributed by atoms with Gasteiger partial charge in [0.2, 0.25) is 0 Å². The number of nitrogens with one attached hydrogen (secondary N) is 2. The third kappa shape index (κ3) is 3.34. The molecule has 8 heteroatoms. The normalized spacial score (nSPS) is 21.3. The molecular weight excluding hydrogens is 359 g/mol. The second-order valence-electron chi connectivity index (χ2n) is 6.69. The quantitative estimate of drug-likeness (QED) is 0.745. The van der Waals surface area contributed by atoms with Crippen molar-refractivity contribution < 1.29 is 14.3 Å². The lowest BCUT2D eigenvalue weighted by molar-refractivity contribution is 0.0921. The number of carbonyl (C=O) groups is 1. The van der Waals surface area contributed by atoms with Crippen molar-refractivity contribution in [2.45, 2.75) is 25.4 Å². The molecule has 0 saturated carbocycles. The molecule has 6 nitrogen and oxygen atoms in total. The zero-order chi connectivity index (χ0) is 17.4. The molecule has 0 bridgehead atoms. The van der Waals surface area contributed by atoms with Crippen molar-refractivity contribution in [3.8, 4) is 5.69 Å². The lowest BCUT2D eigenvalue weighted by Crippen LogP contribution is -2.35. The van der Waals surface area contributed by atoms with E-state index in [0.29, 0.717) is 31.0 Å². The van der Waals surface area contributed by atoms with Gasteiger partial charge in [-0.3, -0.25) is 4.79 Å². The molecule has 2 atom stereocenters. The molecule has 140 valence electrons. The molecule has 1 saturated heterocycles. The van der Waals surface area contributed by atoms with E-state index in [2.05, 4.69) is 15.7 Å². The van der Waals surface area contributed by atoms with E-state index >= 15 is 0 Å². The van der Waals surface area contributed by atoms with E-state index in [4.69, 9.17) is 0 Å². The number of para-hydroxylation sites is 1. The van der Waals surface area contributed by atoms with Crippen LogP contribution in [-0.4, -0.2) is 46.5 Å². The molecule has 1 aromatic heterocycles. The maximum atomic E-state index is 14.2. The van der Waals surface area contributed by atoms with Crippen molar-refractivity contribution in [3.05, 3.63) is 47.0 Å². The maximum Gasteiger partial charge on any atom is 0.272 e. The van der Waals surface area contributed by atoms with Gasteiger partial charge < -0.3 is 15.7 Å². The van der Waals surface area contributed by atoms with Gasteiger partial charge in [-0.15, -0.1) is 12.4 Å². The number of hydrogen-bond acceptors (Lipinski definition) is 4. The van der Waals surface area contributed by atoms with Crippen molar-refractivity contribution in [2.75, 3.05) is 19.6 Å². The molecule has 2 unspecified atom stereocenters. The molecule has 1 amide bonds. The van der Waals surface area contributed by atoms with Crippen LogP contribution in [0.4, 0.5) is 4.39 Å². The highest BCUT2D eigenvalue weighted by molar-refractivity contribution is 5.94. The Hall–Kier alpha value is -1.96. The van der Waals surface area contributed by atoms with Crippen molar-refractivity contribution in [1.82, 2.24) is 20.4 Å². The summed E-state index contributed by atoms with van der Waals surface area (Å²) in [6, 6.07) is 6.46. The summed E-state index contributed by atoms with van der Waals surface area (Å²) < 4.78 is 15.7. The third-order valence-corrected chi connectivity index (χ3v) is 5.05. The third-order valence-electron chi connectivity index (χ3n) is 5.05. The summed E-state index contributed by atoms with van der Waals surface area (Å²) >= 11 is 0. The molecule has 1 fully saturated rings. The summed E-state index contributed by atoms with van der Waals surface area (Å²) in [5, 5.41) is 20.2. The standard InChI is InChI=1S/C18H21FN4O2.ClH/c19-13-5-1-2-6-15(13)23-14-7-3-4-12(14)17(22-23)18(25)21-9-11-8-20-10-16(11)24;/h1-2,5-6,11,16,20,24H,3-4,7-10H2,(H,21,25);1H. The number of fused-ring (bicyclic) bond motifs is 1. The van der Waals surface area contributed by atoms with Crippen molar-refractivity contribution in [3.63, 3.8) is 0 Å². The number of nitrogens with zero attached hydrogens (tertiary/aromatic N) is 2. The van der Waals surface area contributed by atoms with Crippen molar-refractivity contribution >= 4 is 18.3 Å². The Morgan fingerprint density at radius 2 is 2.15 bits per heavy atom. The molecular formula is C18H22ClFN4O2. The number of amides is 1. The first-order chi connectivity index (χ1) is 12.1. The van der Waals surface area contributed by atoms with Crippen LogP contribution in [0.3, 0.4) is 0 Å². The molecule has 2 aromatic rings. The Balaban J connectivity index is 0.00000196. The number of aromatic nitrogens is 2. The Kier molecular flexibility index (Phi) is 5.60. The van der Waals surface area contributed by atoms with Crippen LogP contribution in [0.5, 0.6) is 0 Å². The highest BCUT2D eigenvalue weighted by atomic mass is 35.5. The zero-order valence-electron chi connectivity index (χ0n) is 14.2. The van der Waals surface area contributed by atoms with Gasteiger partial charge in [0, 0.05) is 36.8 Å². The van der Waals surface area contributed by atoms with Crippen LogP contribution in [-0.2, 0) is 12.8 Å². The van der Waals surface area contributed by atoms with E-state index in [1.165, 1.54) is 6.07 Å². The van der Waals surface area contributed by atoms with Crippen LogP contribution < -0.4 is 10.6 Å². The molecule has 0 radical (unpaired) electrons. The second kappa shape index (κ2) is 7.73. The highest BCUT2D eigenvalue weighted by Gasteiger charge is 2.29. The summed E-state index contributed by atoms with van der Waals surface area (Å²) in [6.07, 6.45) is 2.06. The van der Waals surface area contributed by atoms with Crippen LogP contribution in [0.2, 0.25) is 0 Å². The molecule has 3 N–H and O–H groups in total. The monoisotopic (exact) mass is 380 g/mol. The SMILES string of the molecule is Cl.O=C(NCC1CNCC1O)c1nn(-c2ccccc2F)c2c1CCC2. The number of benzene rings is 1. The topological polar surface area (TPSA) is 79.2 Å². The highest BCUT2D eigenvalue weighted by Crippen LogP contribution is 2.28. The summed E-state index contributed by atoms with van der Waals surface area (Å²) in [7, 11) is 0. The zero-order valence-corrected chi connectivity index (χ0v) is 15.1. The Labute approximate surface area is 157 Å². The molecule has 26 heavy (non-hydrogen) atoms. The predicted octanol–water partition coefficient (Wildman–Crippen LogP) is 1.23. The summed E-state index contributed by atoms with van der Waals surface area (Å²) in [5.41, 5.74) is 2.56. The van der Waals surface area contributed by atoms with Crippen LogP contribution in [0.15, 0.2) is 24.3 Å². The number of rotatable bonds is 4. The van der Waals surface area contributed by atoms with Gasteiger partial charge >= 0.3 is 0 Å². The minimum atomic E-state index is -0.443. The first-order valence-corrected chi connectivity index (χ1v) is 8.68. The average molecular weight is 381 g/mol. The number of carbonyl (C=O) groups excluding carboxylic acids is 1. The van der Waals surface area contributed by atoms with Crippen LogP contribution >= 0.6 is 12.4 Å². The van der Waals surface area contributed by atoms with Gasteiger partial charge in [0.25, 0.3) is 5.91 Å². The lowest BCUT2D eigenvalue weighted by atomic mass is 10.1. The van der Waals surface area contributed by atoms with Gasteiger partial charge in [0.05, 0.1) is 6.10 Å². The molecule has 1 aliphatic carbocycles. The van der Waals surface area contributed by atoms with Crippen LogP contribution in [0.25, 0.3) is 5.69 Å². The van der Waals surface area contributed by atoms with Gasteiger partial charge in [-0.05, 0) is 31.4 Å². The smallest absolute Gasteiger partial charge is 0.272 e. The van der Waals surface area contributed by atoms with Gasteiger partial charge in [0.1, 0.15) is 11.5 Å². The van der Waals surface area contributed by atoms with E-state index in [9.17, 15) is 14.3 Å². The van der Waals surface area contributed by atoms with Gasteiger partial charge in [0.15, 0.2) is 5.69 Å². The molecule has 2 aliphatic rings. The number of β-amino-alcohol motifs (C(OH)–C–C–N with tert-alkyl or cyclic N) is 1. The largest absolute Gasteiger partial charge is 0.391 e. The first-order valence-electron chi connectivity index (χ1n) is 8.68. The van der Waals surface area contributed by atoms with E-state index in [1.807, 2.05) is 0 Å². The van der Waals surface area contributed by atoms with Crippen molar-refractivity contribution in [1.29, 1.82) is 0 Å². The second-order valence-corrected chi connectivity index (χ2v) is 6.69. The fourth-order valence-corrected chi connectivity index (χ4v) is 3.68. The van der Waals surface area contributed by atoms with Gasteiger partial charge in [-0.25, -0.2) is 9.07 Å². The minimum Gasteiger partial charge on any atom is -0.391 e. The summed E-state index contributed by atoms with van der Waals surface area (Å²) in [4.78, 5) is 12.6. The first kappa shape index (κ1) is 18.8. The fraction of sp³-hybridized carbons (Fsp3) is 0.444. The minimum absolute atomic E-state index is 0. The number of hydrogen-bond donors (Lipinski definition) is 3. The molecule has 1 aromatic carbocycles. The predicted molar refractivity (Wildman–Crippen MR) is 97.5 cm³/mol. The average Bonchev–Trinajstić information content (AvgIpc) is 3.30. The van der Waals surface area contributed by atoms with E-state index in [0.717, 1.165) is 30.5 Å². The number of halogens is 2. The van der Waals surface area contributed by atoms with E-state index in [-0.39, 0.29) is 30.0 Å². The fourth-order valence-electron chi connectivity index (χ4n) is 3.68.